The minimum Gasteiger partial charge on any atom is -0.505 e. The van der Waals surface area contributed by atoms with Crippen LogP contribution in [0.2, 0.25) is 0 Å². The molecule has 0 saturated heterocycles. The van der Waals surface area contributed by atoms with E-state index in [0.717, 1.165) is 6.07 Å². The Morgan fingerprint density at radius 1 is 0.793 bits per heavy atom. The van der Waals surface area contributed by atoms with Gasteiger partial charge in [-0.2, -0.15) is 4.39 Å². The predicted molar refractivity (Wildman–Crippen MR) is 104 cm³/mol. The quantitative estimate of drug-likeness (QED) is 0.386. The fourth-order valence-electron chi connectivity index (χ4n) is 2.78. The van der Waals surface area contributed by atoms with Crippen molar-refractivity contribution in [1.29, 1.82) is 0 Å². The average molecular weight is 402 g/mol. The van der Waals surface area contributed by atoms with Crippen LogP contribution in [0.25, 0.3) is 23.3 Å². The lowest BCUT2D eigenvalue weighted by Gasteiger charge is -2.09. The summed E-state index contributed by atoms with van der Waals surface area (Å²) >= 11 is 0. The van der Waals surface area contributed by atoms with Crippen LogP contribution in [0.5, 0.6) is 5.75 Å². The number of aromatic hydroxyl groups is 1. The summed E-state index contributed by atoms with van der Waals surface area (Å²) in [6.07, 6.45) is 2.90. The van der Waals surface area contributed by atoms with Gasteiger partial charge in [-0.1, -0.05) is 48.6 Å². The zero-order valence-corrected chi connectivity index (χ0v) is 15.6. The van der Waals surface area contributed by atoms with Crippen molar-refractivity contribution in [1.82, 2.24) is 0 Å². The van der Waals surface area contributed by atoms with Crippen molar-refractivity contribution in [2.24, 2.45) is 0 Å². The third-order valence-electron chi connectivity index (χ3n) is 4.39. The molecule has 0 bridgehead atoms. The average Bonchev–Trinajstić information content (AvgIpc) is 2.73. The smallest absolute Gasteiger partial charge is 0.200 e. The summed E-state index contributed by atoms with van der Waals surface area (Å²) in [6, 6.07) is 11.8. The van der Waals surface area contributed by atoms with Gasteiger partial charge in [0.05, 0.1) is 6.61 Å². The molecule has 0 heterocycles. The summed E-state index contributed by atoms with van der Waals surface area (Å²) < 4.78 is 60.9. The maximum absolute atomic E-state index is 14.4. The lowest BCUT2D eigenvalue weighted by Crippen LogP contribution is -2.00. The second-order valence-corrected chi connectivity index (χ2v) is 6.29. The van der Waals surface area contributed by atoms with Gasteiger partial charge < -0.3 is 9.84 Å². The molecule has 3 rings (SSSR count). The van der Waals surface area contributed by atoms with Crippen LogP contribution in [0.4, 0.5) is 17.6 Å². The van der Waals surface area contributed by atoms with E-state index in [1.165, 1.54) is 24.3 Å². The van der Waals surface area contributed by atoms with Gasteiger partial charge in [0, 0.05) is 23.3 Å². The van der Waals surface area contributed by atoms with Gasteiger partial charge >= 0.3 is 0 Å². The Morgan fingerprint density at radius 3 is 2.21 bits per heavy atom. The largest absolute Gasteiger partial charge is 0.505 e. The van der Waals surface area contributed by atoms with Crippen molar-refractivity contribution in [3.63, 3.8) is 0 Å². The molecule has 0 aliphatic heterocycles. The molecule has 0 aliphatic carbocycles. The van der Waals surface area contributed by atoms with E-state index in [9.17, 15) is 17.6 Å². The van der Waals surface area contributed by atoms with Crippen LogP contribution >= 0.6 is 0 Å². The van der Waals surface area contributed by atoms with E-state index in [2.05, 4.69) is 0 Å². The van der Waals surface area contributed by atoms with Crippen molar-refractivity contribution in [3.8, 4) is 16.9 Å². The molecule has 0 spiro atoms. The molecule has 1 N–H and O–H groups in total. The zero-order chi connectivity index (χ0) is 21.0. The second-order valence-electron chi connectivity index (χ2n) is 6.29. The number of ether oxygens (including phenoxy) is 1. The van der Waals surface area contributed by atoms with E-state index < -0.39 is 29.0 Å². The van der Waals surface area contributed by atoms with Gasteiger partial charge in [0.2, 0.25) is 5.82 Å². The molecule has 0 aromatic heterocycles. The fraction of sp³-hybridized carbons (Fsp3) is 0.130. The normalized spacial score (nSPS) is 11.3. The maximum Gasteiger partial charge on any atom is 0.200 e. The highest BCUT2D eigenvalue weighted by molar-refractivity contribution is 5.73. The Bertz CT molecular complexity index is 1040. The van der Waals surface area contributed by atoms with Crippen LogP contribution in [-0.2, 0) is 11.3 Å². The number of benzene rings is 3. The monoisotopic (exact) mass is 402 g/mol. The molecule has 0 aliphatic rings. The Balaban J connectivity index is 1.82. The number of phenols is 1. The molecule has 3 aromatic rings. The van der Waals surface area contributed by atoms with Crippen molar-refractivity contribution in [2.45, 2.75) is 13.5 Å². The van der Waals surface area contributed by atoms with Crippen molar-refractivity contribution < 1.29 is 27.4 Å². The molecular weight excluding hydrogens is 384 g/mol. The first-order valence-electron chi connectivity index (χ1n) is 8.92. The van der Waals surface area contributed by atoms with Crippen molar-refractivity contribution >= 4 is 12.2 Å². The lowest BCUT2D eigenvalue weighted by molar-refractivity contribution is 0.131. The van der Waals surface area contributed by atoms with Crippen LogP contribution in [0, 0.1) is 23.3 Å². The second kappa shape index (κ2) is 8.92. The van der Waals surface area contributed by atoms with Crippen molar-refractivity contribution in [3.05, 3.63) is 88.5 Å². The summed E-state index contributed by atoms with van der Waals surface area (Å²) in [5.41, 5.74) is 1.36. The maximum atomic E-state index is 14.4. The summed E-state index contributed by atoms with van der Waals surface area (Å²) in [6.45, 7) is 2.17. The molecule has 3 aromatic carbocycles. The molecule has 29 heavy (non-hydrogen) atoms. The summed E-state index contributed by atoms with van der Waals surface area (Å²) in [4.78, 5) is 0. The minimum atomic E-state index is -1.31. The third-order valence-corrected chi connectivity index (χ3v) is 4.39. The molecule has 0 unspecified atom stereocenters. The molecule has 6 heteroatoms. The van der Waals surface area contributed by atoms with Crippen LogP contribution in [0.15, 0.2) is 48.5 Å². The molecule has 150 valence electrons. The summed E-state index contributed by atoms with van der Waals surface area (Å²) in [5.74, 6) is -5.11. The first kappa shape index (κ1) is 20.6. The van der Waals surface area contributed by atoms with E-state index in [0.29, 0.717) is 17.7 Å². The van der Waals surface area contributed by atoms with Gasteiger partial charge in [-0.05, 0) is 30.2 Å². The highest BCUT2D eigenvalue weighted by Crippen LogP contribution is 2.28. The number of rotatable bonds is 6. The summed E-state index contributed by atoms with van der Waals surface area (Å²) in [7, 11) is 0. The fourth-order valence-corrected chi connectivity index (χ4v) is 2.78. The Kier molecular flexibility index (Phi) is 6.34. The van der Waals surface area contributed by atoms with Crippen LogP contribution < -0.4 is 0 Å². The highest BCUT2D eigenvalue weighted by atomic mass is 19.2. The highest BCUT2D eigenvalue weighted by Gasteiger charge is 2.15. The van der Waals surface area contributed by atoms with E-state index in [1.54, 1.807) is 37.3 Å². The molecule has 0 amide bonds. The van der Waals surface area contributed by atoms with Gasteiger partial charge in [-0.3, -0.25) is 0 Å². The zero-order valence-electron chi connectivity index (χ0n) is 15.6. The minimum absolute atomic E-state index is 0.00230. The molecule has 2 nitrogen and oxygen atoms in total. The molecular formula is C23H18F4O2. The topological polar surface area (TPSA) is 29.5 Å². The third kappa shape index (κ3) is 4.49. The standard InChI is InChI=1S/C23H18F4O2/c1-2-29-13-17-9-11-18(22(26)21(17)25)15-6-3-14(4-7-15)5-8-16-10-12-19(28)23(27)20(16)24/h3-12,28H,2,13H2,1H3/b8-5+. The van der Waals surface area contributed by atoms with Gasteiger partial charge in [0.1, 0.15) is 0 Å². The van der Waals surface area contributed by atoms with Gasteiger partial charge in [-0.25, -0.2) is 13.2 Å². The Hall–Kier alpha value is -3.12. The van der Waals surface area contributed by atoms with Gasteiger partial charge in [0.15, 0.2) is 23.2 Å². The van der Waals surface area contributed by atoms with Crippen molar-refractivity contribution in [2.75, 3.05) is 6.61 Å². The van der Waals surface area contributed by atoms with Crippen LogP contribution in [-0.4, -0.2) is 11.7 Å². The van der Waals surface area contributed by atoms with Crippen LogP contribution in [0.1, 0.15) is 23.6 Å². The number of phenolic OH excluding ortho intramolecular Hbond substituents is 1. The number of hydrogen-bond donors (Lipinski definition) is 1. The Labute approximate surface area is 165 Å². The number of hydrogen-bond acceptors (Lipinski definition) is 2. The SMILES string of the molecule is CCOCc1ccc(-c2ccc(/C=C/c3ccc(O)c(F)c3F)cc2)c(F)c1F. The molecule has 0 saturated carbocycles. The first-order valence-corrected chi connectivity index (χ1v) is 8.92. The molecule has 0 atom stereocenters. The van der Waals surface area contributed by atoms with Crippen LogP contribution in [0.3, 0.4) is 0 Å². The summed E-state index contributed by atoms with van der Waals surface area (Å²) in [5, 5.41) is 9.15. The van der Waals surface area contributed by atoms with E-state index in [-0.39, 0.29) is 23.3 Å². The van der Waals surface area contributed by atoms with Gasteiger partial charge in [-0.15, -0.1) is 0 Å². The number of halogens is 4. The Morgan fingerprint density at radius 2 is 1.52 bits per heavy atom. The van der Waals surface area contributed by atoms with E-state index >= 15 is 0 Å². The van der Waals surface area contributed by atoms with E-state index in [4.69, 9.17) is 9.84 Å². The molecule has 0 radical (unpaired) electrons. The molecule has 0 fully saturated rings. The van der Waals surface area contributed by atoms with Gasteiger partial charge in [0.25, 0.3) is 0 Å². The van der Waals surface area contributed by atoms with E-state index in [1.807, 2.05) is 0 Å². The predicted octanol–water partition coefficient (Wildman–Crippen LogP) is 6.32. The lowest BCUT2D eigenvalue weighted by atomic mass is 10.0. The first-order chi connectivity index (χ1) is 13.9.